The topological polar surface area (TPSA) is 131 Å². The Morgan fingerprint density at radius 3 is 2.87 bits per heavy atom. The number of aliphatic hydroxyl groups is 1. The number of rotatable bonds is 9. The maximum atomic E-state index is 12.8. The number of nitrogens with one attached hydrogen (secondary N) is 2. The number of oxazole rings is 1. The Labute approximate surface area is 185 Å². The zero-order valence-corrected chi connectivity index (χ0v) is 17.7. The van der Waals surface area contributed by atoms with E-state index in [1.165, 1.54) is 17.1 Å². The van der Waals surface area contributed by atoms with Crippen molar-refractivity contribution in [2.75, 3.05) is 25.1 Å². The van der Waals surface area contributed by atoms with Crippen molar-refractivity contribution >= 4 is 40.2 Å². The Balaban J connectivity index is 1.66. The van der Waals surface area contributed by atoms with Gasteiger partial charge in [0.25, 0.3) is 5.56 Å². The molecule has 0 unspecified atom stereocenters. The van der Waals surface area contributed by atoms with Crippen LogP contribution >= 0.6 is 23.2 Å². The molecule has 3 heterocycles. The number of hydrogen-bond acceptors (Lipinski definition) is 8. The van der Waals surface area contributed by atoms with Crippen LogP contribution in [0.4, 0.5) is 5.95 Å². The predicted molar refractivity (Wildman–Crippen MR) is 115 cm³/mol. The van der Waals surface area contributed by atoms with Crippen LogP contribution in [0, 0.1) is 0 Å². The van der Waals surface area contributed by atoms with E-state index in [-0.39, 0.29) is 49.3 Å². The summed E-state index contributed by atoms with van der Waals surface area (Å²) in [6.07, 6.45) is 2.91. The van der Waals surface area contributed by atoms with Crippen molar-refractivity contribution in [1.82, 2.24) is 24.7 Å². The molecule has 4 aromatic rings. The third-order valence-corrected chi connectivity index (χ3v) is 5.10. The van der Waals surface area contributed by atoms with Gasteiger partial charge in [0.05, 0.1) is 42.6 Å². The number of aromatic amines is 1. The highest BCUT2D eigenvalue weighted by atomic mass is 35.5. The SMILES string of the molecule is O=c1[nH]c(NCc2ccc(Cl)c(Cl)c2)nc2c(-c3ncco3)nn(CCOCCO)c12. The largest absolute Gasteiger partial charge is 0.443 e. The average Bonchev–Trinajstić information content (AvgIpc) is 3.40. The number of fused-ring (bicyclic) bond motifs is 1. The number of aliphatic hydroxyl groups excluding tert-OH is 1. The summed E-state index contributed by atoms with van der Waals surface area (Å²) in [7, 11) is 0. The van der Waals surface area contributed by atoms with E-state index in [4.69, 9.17) is 37.5 Å². The first-order valence-electron chi connectivity index (χ1n) is 9.34. The number of hydrogen-bond donors (Lipinski definition) is 3. The van der Waals surface area contributed by atoms with Gasteiger partial charge in [-0.15, -0.1) is 0 Å². The van der Waals surface area contributed by atoms with E-state index < -0.39 is 0 Å². The number of halogens is 2. The van der Waals surface area contributed by atoms with E-state index in [1.807, 2.05) is 6.07 Å². The van der Waals surface area contributed by atoms with Crippen molar-refractivity contribution in [3.8, 4) is 11.6 Å². The van der Waals surface area contributed by atoms with Crippen LogP contribution in [0.2, 0.25) is 10.0 Å². The van der Waals surface area contributed by atoms with Crippen LogP contribution in [0.1, 0.15) is 5.56 Å². The van der Waals surface area contributed by atoms with Crippen LogP contribution in [0.15, 0.2) is 39.9 Å². The van der Waals surface area contributed by atoms with Crippen LogP contribution in [-0.2, 0) is 17.8 Å². The summed E-state index contributed by atoms with van der Waals surface area (Å²) in [6, 6.07) is 5.25. The molecule has 10 nitrogen and oxygen atoms in total. The first kappa shape index (κ1) is 21.3. The number of benzene rings is 1. The van der Waals surface area contributed by atoms with Crippen molar-refractivity contribution in [3.05, 3.63) is 56.6 Å². The van der Waals surface area contributed by atoms with Gasteiger partial charge in [0.2, 0.25) is 11.8 Å². The van der Waals surface area contributed by atoms with Crippen molar-refractivity contribution in [1.29, 1.82) is 0 Å². The summed E-state index contributed by atoms with van der Waals surface area (Å²) in [5.74, 6) is 0.501. The van der Waals surface area contributed by atoms with Gasteiger partial charge in [-0.2, -0.15) is 5.10 Å². The maximum Gasteiger partial charge on any atom is 0.278 e. The quantitative estimate of drug-likeness (QED) is 0.322. The lowest BCUT2D eigenvalue weighted by Gasteiger charge is -2.07. The number of anilines is 1. The Hall–Kier alpha value is -2.92. The molecule has 0 aliphatic heterocycles. The van der Waals surface area contributed by atoms with Gasteiger partial charge >= 0.3 is 0 Å². The molecule has 3 aromatic heterocycles. The second-order valence-electron chi connectivity index (χ2n) is 6.46. The fourth-order valence-corrected chi connectivity index (χ4v) is 3.29. The monoisotopic (exact) mass is 464 g/mol. The molecule has 0 atom stereocenters. The molecule has 0 amide bonds. The van der Waals surface area contributed by atoms with E-state index in [9.17, 15) is 4.79 Å². The summed E-state index contributed by atoms with van der Waals surface area (Å²) >= 11 is 12.0. The first-order chi connectivity index (χ1) is 15.1. The van der Waals surface area contributed by atoms with Gasteiger partial charge in [-0.1, -0.05) is 29.3 Å². The molecule has 0 saturated heterocycles. The lowest BCUT2D eigenvalue weighted by atomic mass is 10.2. The molecule has 0 spiro atoms. The molecule has 12 heteroatoms. The minimum absolute atomic E-state index is 0.0859. The van der Waals surface area contributed by atoms with E-state index in [1.54, 1.807) is 12.1 Å². The molecule has 1 aromatic carbocycles. The summed E-state index contributed by atoms with van der Waals surface area (Å²) in [6.45, 7) is 1.03. The molecule has 0 aliphatic carbocycles. The zero-order valence-electron chi connectivity index (χ0n) is 16.1. The third-order valence-electron chi connectivity index (χ3n) is 4.36. The highest BCUT2D eigenvalue weighted by Gasteiger charge is 2.20. The molecular formula is C19H18Cl2N6O4. The number of ether oxygens (including phenoxy) is 1. The van der Waals surface area contributed by atoms with E-state index >= 15 is 0 Å². The summed E-state index contributed by atoms with van der Waals surface area (Å²) in [5, 5.41) is 17.3. The van der Waals surface area contributed by atoms with Crippen LogP contribution in [-0.4, -0.2) is 49.7 Å². The van der Waals surface area contributed by atoms with E-state index in [0.29, 0.717) is 27.8 Å². The Kier molecular flexibility index (Phi) is 6.52. The van der Waals surface area contributed by atoms with Gasteiger partial charge in [-0.25, -0.2) is 9.97 Å². The maximum absolute atomic E-state index is 12.8. The third kappa shape index (κ3) is 4.72. The van der Waals surface area contributed by atoms with Gasteiger partial charge in [0.15, 0.2) is 11.2 Å². The van der Waals surface area contributed by atoms with Crippen molar-refractivity contribution in [2.24, 2.45) is 0 Å². The highest BCUT2D eigenvalue weighted by Crippen LogP contribution is 2.25. The lowest BCUT2D eigenvalue weighted by Crippen LogP contribution is -2.17. The van der Waals surface area contributed by atoms with Gasteiger partial charge in [0, 0.05) is 6.54 Å². The molecule has 162 valence electrons. The standard InChI is InChI=1S/C19H18Cl2N6O4/c20-12-2-1-11(9-13(12)21)10-23-19-24-14-15(18-22-3-6-31-18)26-27(4-7-30-8-5-28)16(14)17(29)25-19/h1-3,6,9,28H,4-5,7-8,10H2,(H2,23,24,25,29). The molecule has 0 saturated carbocycles. The second-order valence-corrected chi connectivity index (χ2v) is 7.27. The highest BCUT2D eigenvalue weighted by molar-refractivity contribution is 6.42. The fourth-order valence-electron chi connectivity index (χ4n) is 2.97. The summed E-state index contributed by atoms with van der Waals surface area (Å²) < 4.78 is 12.1. The Morgan fingerprint density at radius 2 is 2.13 bits per heavy atom. The summed E-state index contributed by atoms with van der Waals surface area (Å²) in [4.78, 5) is 24.2. The molecule has 0 aliphatic rings. The predicted octanol–water partition coefficient (Wildman–Crippen LogP) is 2.70. The number of aromatic nitrogens is 5. The normalized spacial score (nSPS) is 11.3. The second kappa shape index (κ2) is 9.48. The van der Waals surface area contributed by atoms with Gasteiger partial charge < -0.3 is 19.6 Å². The zero-order chi connectivity index (χ0) is 21.8. The molecular weight excluding hydrogens is 447 g/mol. The average molecular weight is 465 g/mol. The van der Waals surface area contributed by atoms with Crippen molar-refractivity contribution in [2.45, 2.75) is 13.1 Å². The van der Waals surface area contributed by atoms with Gasteiger partial charge in [-0.3, -0.25) is 14.5 Å². The van der Waals surface area contributed by atoms with Crippen LogP contribution < -0.4 is 10.9 Å². The lowest BCUT2D eigenvalue weighted by molar-refractivity contribution is 0.0860. The number of H-pyrrole nitrogens is 1. The smallest absolute Gasteiger partial charge is 0.278 e. The van der Waals surface area contributed by atoms with Crippen LogP contribution in [0.25, 0.3) is 22.6 Å². The molecule has 31 heavy (non-hydrogen) atoms. The molecule has 0 fully saturated rings. The van der Waals surface area contributed by atoms with Crippen molar-refractivity contribution < 1.29 is 14.3 Å². The Morgan fingerprint density at radius 1 is 1.26 bits per heavy atom. The minimum Gasteiger partial charge on any atom is -0.443 e. The van der Waals surface area contributed by atoms with E-state index in [0.717, 1.165) is 5.56 Å². The van der Waals surface area contributed by atoms with Gasteiger partial charge in [0.1, 0.15) is 11.8 Å². The molecule has 3 N–H and O–H groups in total. The van der Waals surface area contributed by atoms with Crippen LogP contribution in [0.3, 0.4) is 0 Å². The molecule has 0 radical (unpaired) electrons. The molecule has 0 bridgehead atoms. The first-order valence-corrected chi connectivity index (χ1v) is 10.1. The minimum atomic E-state index is -0.380. The Bertz CT molecular complexity index is 1240. The van der Waals surface area contributed by atoms with E-state index in [2.05, 4.69) is 25.4 Å². The fraction of sp³-hybridized carbons (Fsp3) is 0.263. The van der Waals surface area contributed by atoms with Gasteiger partial charge in [-0.05, 0) is 17.7 Å². The van der Waals surface area contributed by atoms with Crippen molar-refractivity contribution in [3.63, 3.8) is 0 Å². The number of nitrogens with zero attached hydrogens (tertiary/aromatic N) is 4. The summed E-state index contributed by atoms with van der Waals surface area (Å²) in [5.41, 5.74) is 1.42. The molecule has 4 rings (SSSR count). The van der Waals surface area contributed by atoms with Crippen LogP contribution in [0.5, 0.6) is 0 Å².